The van der Waals surface area contributed by atoms with Crippen molar-refractivity contribution in [2.24, 2.45) is 5.73 Å². The first-order valence-corrected chi connectivity index (χ1v) is 10.6. The fraction of sp³-hybridized carbons (Fsp3) is 0.222. The van der Waals surface area contributed by atoms with Crippen molar-refractivity contribution in [2.75, 3.05) is 6.54 Å². The minimum Gasteiger partial charge on any atom is -0.438 e. The van der Waals surface area contributed by atoms with Gasteiger partial charge in [0.05, 0.1) is 11.2 Å². The van der Waals surface area contributed by atoms with Gasteiger partial charge < -0.3 is 20.9 Å². The molecule has 1 atom stereocenters. The van der Waals surface area contributed by atoms with E-state index in [0.29, 0.717) is 18.2 Å². The summed E-state index contributed by atoms with van der Waals surface area (Å²) >= 11 is 0. The van der Waals surface area contributed by atoms with Gasteiger partial charge in [0.2, 0.25) is 5.88 Å². The summed E-state index contributed by atoms with van der Waals surface area (Å²) in [5.41, 5.74) is 10.7. The van der Waals surface area contributed by atoms with Gasteiger partial charge in [0.1, 0.15) is 11.4 Å². The average Bonchev–Trinajstić information content (AvgIpc) is 3.15. The van der Waals surface area contributed by atoms with Crippen LogP contribution in [0.15, 0.2) is 66.6 Å². The van der Waals surface area contributed by atoms with E-state index < -0.39 is 11.0 Å². The molecule has 5 rings (SSSR count). The third-order valence-electron chi connectivity index (χ3n) is 5.87. The minimum absolute atomic E-state index is 0.521. The van der Waals surface area contributed by atoms with Crippen molar-refractivity contribution >= 4 is 0 Å². The van der Waals surface area contributed by atoms with Crippen LogP contribution in [0.25, 0.3) is 11.1 Å². The summed E-state index contributed by atoms with van der Waals surface area (Å²) in [5, 5.41) is 13.3. The molecule has 1 spiro atoms. The van der Waals surface area contributed by atoms with Gasteiger partial charge in [-0.3, -0.25) is 0 Å². The van der Waals surface area contributed by atoms with Gasteiger partial charge in [-0.25, -0.2) is 4.98 Å². The second kappa shape index (κ2) is 7.15. The van der Waals surface area contributed by atoms with E-state index in [2.05, 4.69) is 59.4 Å². The fourth-order valence-electron chi connectivity index (χ4n) is 4.23. The van der Waals surface area contributed by atoms with Crippen molar-refractivity contribution in [3.05, 3.63) is 88.9 Å². The molecule has 5 nitrogen and oxygen atoms in total. The fourth-order valence-corrected chi connectivity index (χ4v) is 4.23. The van der Waals surface area contributed by atoms with Gasteiger partial charge in [-0.15, -0.1) is 0 Å². The van der Waals surface area contributed by atoms with Gasteiger partial charge in [0.25, 0.3) is 0 Å². The van der Waals surface area contributed by atoms with Crippen molar-refractivity contribution in [1.82, 2.24) is 10.3 Å². The Bertz CT molecular complexity index is 1310. The lowest BCUT2D eigenvalue weighted by Gasteiger charge is -2.35. The Morgan fingerprint density at radius 2 is 1.88 bits per heavy atom. The molecule has 2 aromatic carbocycles. The highest BCUT2D eigenvalue weighted by Gasteiger charge is 2.44. The van der Waals surface area contributed by atoms with Crippen LogP contribution in [0.1, 0.15) is 36.1 Å². The first-order chi connectivity index (χ1) is 15.2. The monoisotopic (exact) mass is 423 g/mol. The Morgan fingerprint density at radius 1 is 1.09 bits per heavy atom. The Balaban J connectivity index is 1.67. The van der Waals surface area contributed by atoms with E-state index in [1.165, 1.54) is 5.56 Å². The second-order valence-corrected chi connectivity index (χ2v) is 8.99. The molecule has 0 aliphatic carbocycles. The van der Waals surface area contributed by atoms with Crippen LogP contribution in [0.4, 0.5) is 0 Å². The van der Waals surface area contributed by atoms with Crippen LogP contribution in [0.2, 0.25) is 0 Å². The molecular weight excluding hydrogens is 398 g/mol. The van der Waals surface area contributed by atoms with Crippen LogP contribution in [0.3, 0.4) is 0 Å². The average molecular weight is 424 g/mol. The van der Waals surface area contributed by atoms with Gasteiger partial charge in [-0.05, 0) is 56.7 Å². The lowest BCUT2D eigenvalue weighted by Crippen LogP contribution is -2.34. The van der Waals surface area contributed by atoms with E-state index in [1.807, 2.05) is 30.5 Å². The van der Waals surface area contributed by atoms with E-state index in [1.54, 1.807) is 13.8 Å². The van der Waals surface area contributed by atoms with Crippen LogP contribution < -0.4 is 15.8 Å². The number of aromatic nitrogens is 1. The molecule has 3 heterocycles. The van der Waals surface area contributed by atoms with Crippen molar-refractivity contribution < 1.29 is 9.84 Å². The predicted molar refractivity (Wildman–Crippen MR) is 125 cm³/mol. The summed E-state index contributed by atoms with van der Waals surface area (Å²) in [6.07, 6.45) is 3.89. The minimum atomic E-state index is -1.07. The number of hydrogen-bond donors (Lipinski definition) is 3. The Labute approximate surface area is 188 Å². The number of fused-ring (bicyclic) bond motifs is 4. The van der Waals surface area contributed by atoms with Crippen molar-refractivity contribution in [3.63, 3.8) is 0 Å². The normalized spacial score (nSPS) is 18.6. The maximum Gasteiger partial charge on any atom is 0.223 e. The summed E-state index contributed by atoms with van der Waals surface area (Å²) in [6.45, 7) is 6.01. The summed E-state index contributed by atoms with van der Waals surface area (Å²) in [5.74, 6) is 7.89. The molecule has 2 aliphatic heterocycles. The maximum atomic E-state index is 10.0. The van der Waals surface area contributed by atoms with Crippen LogP contribution >= 0.6 is 0 Å². The highest BCUT2D eigenvalue weighted by molar-refractivity contribution is 5.69. The molecular formula is C27H25N3O2. The number of benzene rings is 2. The van der Waals surface area contributed by atoms with Gasteiger partial charge >= 0.3 is 0 Å². The Morgan fingerprint density at radius 3 is 2.56 bits per heavy atom. The van der Waals surface area contributed by atoms with Gasteiger partial charge in [0, 0.05) is 35.0 Å². The van der Waals surface area contributed by atoms with Crippen LogP contribution in [0.5, 0.6) is 11.6 Å². The molecule has 2 aliphatic rings. The lowest BCUT2D eigenvalue weighted by atomic mass is 9.73. The molecule has 0 saturated heterocycles. The molecule has 0 saturated carbocycles. The summed E-state index contributed by atoms with van der Waals surface area (Å²) in [6, 6.07) is 16.4. The number of nitrogens with one attached hydrogen (secondary N) is 1. The van der Waals surface area contributed by atoms with Gasteiger partial charge in [-0.1, -0.05) is 41.7 Å². The van der Waals surface area contributed by atoms with E-state index in [9.17, 15) is 5.11 Å². The highest BCUT2D eigenvalue weighted by Crippen LogP contribution is 2.50. The zero-order chi connectivity index (χ0) is 22.5. The molecule has 0 amide bonds. The zero-order valence-corrected chi connectivity index (χ0v) is 18.4. The molecule has 0 unspecified atom stereocenters. The molecule has 0 bridgehead atoms. The van der Waals surface area contributed by atoms with E-state index in [-0.39, 0.29) is 0 Å². The number of nitrogens with two attached hydrogens (primary N) is 1. The third-order valence-corrected chi connectivity index (χ3v) is 5.87. The Hall–Kier alpha value is -3.75. The lowest BCUT2D eigenvalue weighted by molar-refractivity contribution is 0.143. The highest BCUT2D eigenvalue weighted by atomic mass is 16.5. The van der Waals surface area contributed by atoms with E-state index in [0.717, 1.165) is 33.6 Å². The summed E-state index contributed by atoms with van der Waals surface area (Å²) < 4.78 is 6.20. The molecule has 1 aromatic heterocycles. The van der Waals surface area contributed by atoms with Crippen molar-refractivity contribution in [2.45, 2.75) is 31.8 Å². The number of ether oxygens (including phenoxy) is 1. The molecule has 3 aromatic rings. The number of pyridine rings is 1. The SMILES string of the molecule is Cc1ccc(-c2cnc3c(c2)[C@]2(C=C(N)NC2)c2cc(C#CC(C)(C)O)ccc2O3)cc1. The molecule has 160 valence electrons. The molecule has 4 N–H and O–H groups in total. The zero-order valence-electron chi connectivity index (χ0n) is 18.4. The smallest absolute Gasteiger partial charge is 0.223 e. The molecule has 0 radical (unpaired) electrons. The second-order valence-electron chi connectivity index (χ2n) is 8.99. The summed E-state index contributed by atoms with van der Waals surface area (Å²) in [7, 11) is 0. The van der Waals surface area contributed by atoms with Gasteiger partial charge in [0.15, 0.2) is 0 Å². The number of aryl methyl sites for hydroxylation is 1. The first-order valence-electron chi connectivity index (χ1n) is 10.6. The number of hydrogen-bond acceptors (Lipinski definition) is 5. The van der Waals surface area contributed by atoms with Crippen molar-refractivity contribution in [3.8, 4) is 34.6 Å². The van der Waals surface area contributed by atoms with E-state index in [4.69, 9.17) is 10.5 Å². The third kappa shape index (κ3) is 3.49. The predicted octanol–water partition coefficient (Wildman–Crippen LogP) is 3.97. The molecule has 0 fully saturated rings. The van der Waals surface area contributed by atoms with Gasteiger partial charge in [-0.2, -0.15) is 0 Å². The van der Waals surface area contributed by atoms with Crippen molar-refractivity contribution in [1.29, 1.82) is 0 Å². The van der Waals surface area contributed by atoms with E-state index >= 15 is 0 Å². The van der Waals surface area contributed by atoms with Crippen LogP contribution in [-0.2, 0) is 5.41 Å². The number of rotatable bonds is 1. The first kappa shape index (κ1) is 20.2. The maximum absolute atomic E-state index is 10.0. The summed E-state index contributed by atoms with van der Waals surface area (Å²) in [4.78, 5) is 4.67. The standard InChI is InChI=1S/C27H25N3O2/c1-17-4-7-19(8-5-17)20-13-22-25(29-15-20)32-23-9-6-18(10-11-26(2,3)31)12-21(23)27(22)14-24(28)30-16-27/h4-9,12-15,30-31H,16,28H2,1-3H3/t27-/m0/s1. The topological polar surface area (TPSA) is 80.4 Å². The number of aliphatic hydroxyl groups is 1. The number of nitrogens with zero attached hydrogens (tertiary/aromatic N) is 1. The molecule has 32 heavy (non-hydrogen) atoms. The largest absolute Gasteiger partial charge is 0.438 e. The van der Waals surface area contributed by atoms with Crippen LogP contribution in [0, 0.1) is 18.8 Å². The molecule has 5 heteroatoms. The quantitative estimate of drug-likeness (QED) is 0.516. The Kier molecular flexibility index (Phi) is 4.51. The van der Waals surface area contributed by atoms with Crippen LogP contribution in [-0.4, -0.2) is 22.2 Å².